The van der Waals surface area contributed by atoms with E-state index in [2.05, 4.69) is 10.6 Å². The number of para-hydroxylation sites is 1. The van der Waals surface area contributed by atoms with Crippen molar-refractivity contribution in [3.05, 3.63) is 53.6 Å². The molecule has 6 heteroatoms. The Kier molecular flexibility index (Phi) is 5.28. The number of hydrogen-bond acceptors (Lipinski definition) is 4. The molecular formula is C19H20N2O3S. The topological polar surface area (TPSA) is 67.4 Å². The summed E-state index contributed by atoms with van der Waals surface area (Å²) in [6, 6.07) is 13.1. The SMILES string of the molecule is COc1ccccc1CCNC(=O)c1ccc2c(c1)NC(=O)[C@H](C)S2. The number of rotatable bonds is 5. The molecule has 2 N–H and O–H groups in total. The molecule has 0 bridgehead atoms. The zero-order chi connectivity index (χ0) is 17.8. The van der Waals surface area contributed by atoms with E-state index in [4.69, 9.17) is 4.74 Å². The molecule has 2 amide bonds. The van der Waals surface area contributed by atoms with Crippen LogP contribution in [0.2, 0.25) is 0 Å². The maximum Gasteiger partial charge on any atom is 0.251 e. The zero-order valence-electron chi connectivity index (χ0n) is 14.2. The molecule has 0 aliphatic carbocycles. The van der Waals surface area contributed by atoms with E-state index in [0.29, 0.717) is 24.2 Å². The fourth-order valence-corrected chi connectivity index (χ4v) is 3.60. The van der Waals surface area contributed by atoms with E-state index < -0.39 is 0 Å². The minimum absolute atomic E-state index is 0.0359. The fraction of sp³-hybridized carbons (Fsp3) is 0.263. The van der Waals surface area contributed by atoms with Crippen molar-refractivity contribution >= 4 is 29.3 Å². The van der Waals surface area contributed by atoms with Crippen molar-refractivity contribution < 1.29 is 14.3 Å². The minimum Gasteiger partial charge on any atom is -0.496 e. The molecule has 1 atom stereocenters. The summed E-state index contributed by atoms with van der Waals surface area (Å²) < 4.78 is 5.31. The molecule has 0 spiro atoms. The lowest BCUT2D eigenvalue weighted by atomic mass is 10.1. The van der Waals surface area contributed by atoms with Gasteiger partial charge in [-0.3, -0.25) is 9.59 Å². The van der Waals surface area contributed by atoms with Crippen LogP contribution < -0.4 is 15.4 Å². The molecule has 0 saturated carbocycles. The Morgan fingerprint density at radius 3 is 2.88 bits per heavy atom. The summed E-state index contributed by atoms with van der Waals surface area (Å²) in [6.45, 7) is 2.37. The van der Waals surface area contributed by atoms with Gasteiger partial charge in [-0.05, 0) is 43.2 Å². The van der Waals surface area contributed by atoms with Crippen LogP contribution in [0.15, 0.2) is 47.4 Å². The number of nitrogens with one attached hydrogen (secondary N) is 2. The Labute approximate surface area is 151 Å². The van der Waals surface area contributed by atoms with Gasteiger partial charge < -0.3 is 15.4 Å². The predicted octanol–water partition coefficient (Wildman–Crippen LogP) is 3.10. The van der Waals surface area contributed by atoms with Gasteiger partial charge >= 0.3 is 0 Å². The molecular weight excluding hydrogens is 336 g/mol. The van der Waals surface area contributed by atoms with Crippen molar-refractivity contribution in [2.24, 2.45) is 0 Å². The smallest absolute Gasteiger partial charge is 0.251 e. The van der Waals surface area contributed by atoms with Gasteiger partial charge in [0, 0.05) is 17.0 Å². The van der Waals surface area contributed by atoms with Crippen molar-refractivity contribution in [2.45, 2.75) is 23.5 Å². The second kappa shape index (κ2) is 7.61. The third kappa shape index (κ3) is 3.96. The number of methoxy groups -OCH3 is 1. The van der Waals surface area contributed by atoms with Crippen LogP contribution in [0.1, 0.15) is 22.8 Å². The molecule has 2 aromatic rings. The first-order valence-corrected chi connectivity index (χ1v) is 8.98. The van der Waals surface area contributed by atoms with E-state index in [1.165, 1.54) is 11.8 Å². The molecule has 0 fully saturated rings. The molecule has 1 aliphatic rings. The molecule has 2 aromatic carbocycles. The van der Waals surface area contributed by atoms with Crippen LogP contribution in [0, 0.1) is 0 Å². The van der Waals surface area contributed by atoms with Crippen LogP contribution in [-0.4, -0.2) is 30.7 Å². The van der Waals surface area contributed by atoms with Gasteiger partial charge in [0.2, 0.25) is 5.91 Å². The lowest BCUT2D eigenvalue weighted by molar-refractivity contribution is -0.115. The largest absolute Gasteiger partial charge is 0.496 e. The Morgan fingerprint density at radius 2 is 2.08 bits per heavy atom. The van der Waals surface area contributed by atoms with Crippen LogP contribution >= 0.6 is 11.8 Å². The molecule has 5 nitrogen and oxygen atoms in total. The van der Waals surface area contributed by atoms with Crippen LogP contribution in [-0.2, 0) is 11.2 Å². The molecule has 1 aliphatic heterocycles. The van der Waals surface area contributed by atoms with Crippen LogP contribution in [0.5, 0.6) is 5.75 Å². The summed E-state index contributed by atoms with van der Waals surface area (Å²) in [5.41, 5.74) is 2.29. The third-order valence-corrected chi connectivity index (χ3v) is 5.22. The maximum absolute atomic E-state index is 12.4. The van der Waals surface area contributed by atoms with Gasteiger partial charge in [0.25, 0.3) is 5.91 Å². The zero-order valence-corrected chi connectivity index (χ0v) is 15.0. The summed E-state index contributed by atoms with van der Waals surface area (Å²) in [7, 11) is 1.64. The highest BCUT2D eigenvalue weighted by Crippen LogP contribution is 2.35. The summed E-state index contributed by atoms with van der Waals surface area (Å²) in [5, 5.41) is 5.64. The molecule has 25 heavy (non-hydrogen) atoms. The highest BCUT2D eigenvalue weighted by molar-refractivity contribution is 8.00. The first-order chi connectivity index (χ1) is 12.1. The number of amides is 2. The number of benzene rings is 2. The highest BCUT2D eigenvalue weighted by atomic mass is 32.2. The summed E-state index contributed by atoms with van der Waals surface area (Å²) in [5.74, 6) is 0.626. The molecule has 0 saturated heterocycles. The van der Waals surface area contributed by atoms with Crippen molar-refractivity contribution in [1.82, 2.24) is 5.32 Å². The van der Waals surface area contributed by atoms with Gasteiger partial charge in [-0.15, -0.1) is 11.8 Å². The summed E-state index contributed by atoms with van der Waals surface area (Å²) in [4.78, 5) is 25.1. The third-order valence-electron chi connectivity index (χ3n) is 4.05. The van der Waals surface area contributed by atoms with Gasteiger partial charge in [-0.2, -0.15) is 0 Å². The number of carbonyl (C=O) groups excluding carboxylic acids is 2. The van der Waals surface area contributed by atoms with E-state index in [1.807, 2.05) is 37.3 Å². The van der Waals surface area contributed by atoms with Crippen molar-refractivity contribution in [3.8, 4) is 5.75 Å². The van der Waals surface area contributed by atoms with E-state index in [1.54, 1.807) is 19.2 Å². The molecule has 0 unspecified atom stereocenters. The highest BCUT2D eigenvalue weighted by Gasteiger charge is 2.23. The second-order valence-electron chi connectivity index (χ2n) is 5.78. The lowest BCUT2D eigenvalue weighted by Gasteiger charge is -2.21. The predicted molar refractivity (Wildman–Crippen MR) is 99.4 cm³/mol. The molecule has 1 heterocycles. The van der Waals surface area contributed by atoms with E-state index >= 15 is 0 Å². The van der Waals surface area contributed by atoms with Crippen molar-refractivity contribution in [2.75, 3.05) is 19.0 Å². The Balaban J connectivity index is 1.62. The number of ether oxygens (including phenoxy) is 1. The van der Waals surface area contributed by atoms with E-state index in [9.17, 15) is 9.59 Å². The number of hydrogen-bond donors (Lipinski definition) is 2. The molecule has 3 rings (SSSR count). The molecule has 0 radical (unpaired) electrons. The number of carbonyl (C=O) groups is 2. The van der Waals surface area contributed by atoms with Crippen LogP contribution in [0.4, 0.5) is 5.69 Å². The number of thioether (sulfide) groups is 1. The van der Waals surface area contributed by atoms with Crippen molar-refractivity contribution in [1.29, 1.82) is 0 Å². The number of anilines is 1. The molecule has 0 aromatic heterocycles. The van der Waals surface area contributed by atoms with Gasteiger partial charge in [0.05, 0.1) is 18.0 Å². The summed E-state index contributed by atoms with van der Waals surface area (Å²) >= 11 is 1.50. The monoisotopic (exact) mass is 356 g/mol. The lowest BCUT2D eigenvalue weighted by Crippen LogP contribution is -2.28. The van der Waals surface area contributed by atoms with Crippen LogP contribution in [0.25, 0.3) is 0 Å². The summed E-state index contributed by atoms with van der Waals surface area (Å²) in [6.07, 6.45) is 0.685. The van der Waals surface area contributed by atoms with E-state index in [0.717, 1.165) is 16.2 Å². The Hall–Kier alpha value is -2.47. The average molecular weight is 356 g/mol. The first-order valence-electron chi connectivity index (χ1n) is 8.10. The average Bonchev–Trinajstić information content (AvgIpc) is 2.62. The first kappa shape index (κ1) is 17.4. The molecule has 130 valence electrons. The Bertz CT molecular complexity index is 807. The van der Waals surface area contributed by atoms with Gasteiger partial charge in [0.15, 0.2) is 0 Å². The maximum atomic E-state index is 12.4. The normalized spacial score (nSPS) is 15.9. The number of fused-ring (bicyclic) bond motifs is 1. The van der Waals surface area contributed by atoms with Crippen LogP contribution in [0.3, 0.4) is 0 Å². The second-order valence-corrected chi connectivity index (χ2v) is 7.16. The standard InChI is InChI=1S/C19H20N2O3S/c1-12-18(22)21-15-11-14(7-8-17(15)25-12)19(23)20-10-9-13-5-3-4-6-16(13)24-2/h3-8,11-12H,9-10H2,1-2H3,(H,20,23)(H,21,22)/t12-/m0/s1. The van der Waals surface area contributed by atoms with Crippen molar-refractivity contribution in [3.63, 3.8) is 0 Å². The quantitative estimate of drug-likeness (QED) is 0.864. The van der Waals surface area contributed by atoms with Gasteiger partial charge in [-0.25, -0.2) is 0 Å². The van der Waals surface area contributed by atoms with E-state index in [-0.39, 0.29) is 17.1 Å². The minimum atomic E-state index is -0.157. The Morgan fingerprint density at radius 1 is 1.28 bits per heavy atom. The van der Waals surface area contributed by atoms with Gasteiger partial charge in [-0.1, -0.05) is 18.2 Å². The fourth-order valence-electron chi connectivity index (χ4n) is 2.67. The van der Waals surface area contributed by atoms with Gasteiger partial charge in [0.1, 0.15) is 5.75 Å².